The lowest BCUT2D eigenvalue weighted by molar-refractivity contribution is 0.126. The summed E-state index contributed by atoms with van der Waals surface area (Å²) in [6.07, 6.45) is 5.67. The molecule has 0 saturated heterocycles. The monoisotopic (exact) mass is 318 g/mol. The van der Waals surface area contributed by atoms with E-state index in [1.165, 1.54) is 37.8 Å². The molecule has 0 aromatic carbocycles. The van der Waals surface area contributed by atoms with Crippen LogP contribution in [0.5, 0.6) is 0 Å². The molecule has 0 saturated carbocycles. The van der Waals surface area contributed by atoms with Crippen molar-refractivity contribution in [3.8, 4) is 0 Å². The van der Waals surface area contributed by atoms with Crippen LogP contribution in [0.15, 0.2) is 0 Å². The zero-order valence-electron chi connectivity index (χ0n) is 14.8. The SMILES string of the molecule is CCOC(C)[SiH](C)CCCCCC[SiH](C)C(C)OCC. The Kier molecular flexibility index (Phi) is 13.3. The van der Waals surface area contributed by atoms with E-state index >= 15 is 0 Å². The summed E-state index contributed by atoms with van der Waals surface area (Å²) in [7, 11) is -1.29. The van der Waals surface area contributed by atoms with Crippen molar-refractivity contribution < 1.29 is 9.47 Å². The number of unbranched alkanes of at least 4 members (excludes halogenated alkanes) is 3. The van der Waals surface area contributed by atoms with Crippen LogP contribution in [0.3, 0.4) is 0 Å². The van der Waals surface area contributed by atoms with Crippen molar-refractivity contribution in [1.82, 2.24) is 0 Å². The molecule has 122 valence electrons. The summed E-state index contributed by atoms with van der Waals surface area (Å²) in [5, 5.41) is 0. The molecular weight excluding hydrogens is 280 g/mol. The third-order valence-corrected chi connectivity index (χ3v) is 10.8. The van der Waals surface area contributed by atoms with Gasteiger partial charge in [-0.15, -0.1) is 0 Å². The minimum absolute atomic E-state index is 0.555. The third-order valence-electron chi connectivity index (χ3n) is 4.53. The Morgan fingerprint density at radius 2 is 1.05 bits per heavy atom. The van der Waals surface area contributed by atoms with E-state index in [0.29, 0.717) is 11.5 Å². The van der Waals surface area contributed by atoms with Crippen LogP contribution in [-0.2, 0) is 9.47 Å². The molecule has 4 atom stereocenters. The summed E-state index contributed by atoms with van der Waals surface area (Å²) in [5.41, 5.74) is 1.11. The maximum absolute atomic E-state index is 5.72. The van der Waals surface area contributed by atoms with Gasteiger partial charge in [-0.1, -0.05) is 50.9 Å². The van der Waals surface area contributed by atoms with Crippen molar-refractivity contribution in [2.75, 3.05) is 13.2 Å². The lowest BCUT2D eigenvalue weighted by Crippen LogP contribution is -2.27. The van der Waals surface area contributed by atoms with Gasteiger partial charge in [0.1, 0.15) is 0 Å². The highest BCUT2D eigenvalue weighted by molar-refractivity contribution is 6.58. The highest BCUT2D eigenvalue weighted by Crippen LogP contribution is 2.14. The van der Waals surface area contributed by atoms with E-state index in [1.54, 1.807) is 0 Å². The van der Waals surface area contributed by atoms with Crippen LogP contribution >= 0.6 is 0 Å². The van der Waals surface area contributed by atoms with Gasteiger partial charge >= 0.3 is 0 Å². The summed E-state index contributed by atoms with van der Waals surface area (Å²) in [6.45, 7) is 15.4. The fourth-order valence-corrected chi connectivity index (χ4v) is 6.46. The first kappa shape index (κ1) is 20.4. The van der Waals surface area contributed by atoms with Crippen molar-refractivity contribution in [2.45, 2.75) is 90.0 Å². The fraction of sp³-hybridized carbons (Fsp3) is 1.00. The Hall–Kier alpha value is 0.354. The summed E-state index contributed by atoms with van der Waals surface area (Å²) >= 11 is 0. The van der Waals surface area contributed by atoms with Gasteiger partial charge in [0, 0.05) is 24.7 Å². The van der Waals surface area contributed by atoms with Crippen LogP contribution < -0.4 is 0 Å². The average Bonchev–Trinajstić information content (AvgIpc) is 2.42. The van der Waals surface area contributed by atoms with Gasteiger partial charge in [-0.2, -0.15) is 0 Å². The van der Waals surface area contributed by atoms with E-state index in [1.807, 2.05) is 0 Å². The molecule has 4 unspecified atom stereocenters. The van der Waals surface area contributed by atoms with E-state index in [4.69, 9.17) is 9.47 Å². The molecule has 0 aliphatic carbocycles. The largest absolute Gasteiger partial charge is 0.383 e. The van der Waals surface area contributed by atoms with Crippen molar-refractivity contribution in [2.24, 2.45) is 0 Å². The van der Waals surface area contributed by atoms with Gasteiger partial charge in [0.15, 0.2) is 0 Å². The number of ether oxygens (including phenoxy) is 2. The van der Waals surface area contributed by atoms with Crippen molar-refractivity contribution in [1.29, 1.82) is 0 Å². The quantitative estimate of drug-likeness (QED) is 0.374. The maximum Gasteiger partial charge on any atom is 0.0682 e. The van der Waals surface area contributed by atoms with E-state index in [-0.39, 0.29) is 0 Å². The van der Waals surface area contributed by atoms with Gasteiger partial charge in [-0.05, 0) is 27.7 Å². The van der Waals surface area contributed by atoms with E-state index in [9.17, 15) is 0 Å². The molecule has 0 amide bonds. The second-order valence-electron chi connectivity index (χ2n) is 6.27. The molecule has 0 aliphatic rings. The van der Waals surface area contributed by atoms with Gasteiger partial charge in [-0.25, -0.2) is 0 Å². The van der Waals surface area contributed by atoms with Crippen LogP contribution in [0.1, 0.15) is 53.4 Å². The van der Waals surface area contributed by atoms with Crippen LogP contribution in [0.4, 0.5) is 0 Å². The summed E-state index contributed by atoms with van der Waals surface area (Å²) in [4.78, 5) is 0. The van der Waals surface area contributed by atoms with Gasteiger partial charge in [-0.3, -0.25) is 0 Å². The first-order valence-electron chi connectivity index (χ1n) is 8.76. The fourth-order valence-electron chi connectivity index (χ4n) is 2.61. The molecule has 0 rings (SSSR count). The molecular formula is C16H38O2Si2. The van der Waals surface area contributed by atoms with Crippen LogP contribution in [0.2, 0.25) is 25.2 Å². The van der Waals surface area contributed by atoms with Crippen molar-refractivity contribution in [3.05, 3.63) is 0 Å². The van der Waals surface area contributed by atoms with Crippen molar-refractivity contribution in [3.63, 3.8) is 0 Å². The number of hydrogen-bond acceptors (Lipinski definition) is 2. The molecule has 0 aliphatic heterocycles. The molecule has 0 bridgehead atoms. The molecule has 0 N–H and O–H groups in total. The minimum Gasteiger partial charge on any atom is -0.383 e. The Labute approximate surface area is 130 Å². The van der Waals surface area contributed by atoms with Gasteiger partial charge in [0.2, 0.25) is 0 Å². The molecule has 0 heterocycles. The van der Waals surface area contributed by atoms with E-state index < -0.39 is 17.6 Å². The molecule has 0 aromatic rings. The first-order chi connectivity index (χ1) is 9.52. The lowest BCUT2D eigenvalue weighted by Gasteiger charge is -2.19. The van der Waals surface area contributed by atoms with Gasteiger partial charge < -0.3 is 9.47 Å². The van der Waals surface area contributed by atoms with E-state index in [2.05, 4.69) is 40.8 Å². The van der Waals surface area contributed by atoms with Crippen LogP contribution in [-0.4, -0.2) is 42.3 Å². The average molecular weight is 319 g/mol. The minimum atomic E-state index is -0.644. The smallest absolute Gasteiger partial charge is 0.0682 e. The van der Waals surface area contributed by atoms with Crippen LogP contribution in [0.25, 0.3) is 0 Å². The third kappa shape index (κ3) is 10.1. The second-order valence-corrected chi connectivity index (χ2v) is 13.2. The standard InChI is InChI=1S/C16H38O2Si2/c1-7-17-15(3)19(5)13-11-9-10-12-14-20(6)16(4)18-8-2/h15-16,19-20H,7-14H2,1-6H3. The predicted molar refractivity (Wildman–Crippen MR) is 96.3 cm³/mol. The Morgan fingerprint density at radius 1 is 0.700 bits per heavy atom. The summed E-state index contributed by atoms with van der Waals surface area (Å²) in [5.74, 6) is 0. The molecule has 0 spiro atoms. The van der Waals surface area contributed by atoms with Gasteiger partial charge in [0.05, 0.1) is 17.6 Å². The molecule has 2 nitrogen and oxygen atoms in total. The molecule has 0 fully saturated rings. The molecule has 20 heavy (non-hydrogen) atoms. The van der Waals surface area contributed by atoms with Crippen LogP contribution in [0, 0.1) is 0 Å². The Morgan fingerprint density at radius 3 is 1.35 bits per heavy atom. The Bertz CT molecular complexity index is 193. The summed E-state index contributed by atoms with van der Waals surface area (Å²) in [6, 6.07) is 2.90. The Balaban J connectivity index is 3.48. The highest BCUT2D eigenvalue weighted by atomic mass is 28.3. The molecule has 0 radical (unpaired) electrons. The van der Waals surface area contributed by atoms with Crippen molar-refractivity contribution >= 4 is 17.6 Å². The van der Waals surface area contributed by atoms with Gasteiger partial charge in [0.25, 0.3) is 0 Å². The predicted octanol–water partition coefficient (Wildman–Crippen LogP) is 4.19. The highest BCUT2D eigenvalue weighted by Gasteiger charge is 2.14. The molecule has 0 aromatic heterocycles. The molecule has 4 heteroatoms. The lowest BCUT2D eigenvalue weighted by atomic mass is 10.2. The van der Waals surface area contributed by atoms with E-state index in [0.717, 1.165) is 13.2 Å². The first-order valence-corrected chi connectivity index (χ1v) is 14.0. The maximum atomic E-state index is 5.72. The normalized spacial score (nSPS) is 17.7. The number of hydrogen-bond donors (Lipinski definition) is 0. The number of rotatable bonds is 13. The zero-order chi connectivity index (χ0) is 15.4. The zero-order valence-corrected chi connectivity index (χ0v) is 17.1. The second kappa shape index (κ2) is 13.0. The summed E-state index contributed by atoms with van der Waals surface area (Å²) < 4.78 is 11.4. The topological polar surface area (TPSA) is 18.5 Å².